The fourth-order valence-corrected chi connectivity index (χ4v) is 2.68. The van der Waals surface area contributed by atoms with E-state index in [0.29, 0.717) is 22.3 Å². The van der Waals surface area contributed by atoms with Gasteiger partial charge in [0.15, 0.2) is 17.3 Å². The fraction of sp³-hybridized carbons (Fsp3) is 0.0588. The van der Waals surface area contributed by atoms with Crippen molar-refractivity contribution in [3.05, 3.63) is 65.8 Å². The molecule has 0 atom stereocenters. The third kappa shape index (κ3) is 2.68. The molecule has 0 spiro atoms. The molecular formula is C17H13ClN6. The molecule has 0 amide bonds. The number of para-hydroxylation sites is 1. The van der Waals surface area contributed by atoms with Crippen LogP contribution < -0.4 is 5.32 Å². The van der Waals surface area contributed by atoms with Gasteiger partial charge >= 0.3 is 0 Å². The predicted octanol–water partition coefficient (Wildman–Crippen LogP) is 3.92. The van der Waals surface area contributed by atoms with Crippen LogP contribution in [0.25, 0.3) is 17.0 Å². The monoisotopic (exact) mass is 336 g/mol. The summed E-state index contributed by atoms with van der Waals surface area (Å²) in [5, 5.41) is 3.79. The van der Waals surface area contributed by atoms with E-state index in [-0.39, 0.29) is 0 Å². The molecule has 1 N–H and O–H groups in total. The lowest BCUT2D eigenvalue weighted by Crippen LogP contribution is -2.03. The first-order valence-electron chi connectivity index (χ1n) is 7.36. The predicted molar refractivity (Wildman–Crippen MR) is 93.9 cm³/mol. The largest absolute Gasteiger partial charge is 0.339 e. The highest BCUT2D eigenvalue weighted by molar-refractivity contribution is 6.31. The van der Waals surface area contributed by atoms with Crippen molar-refractivity contribution in [2.24, 2.45) is 0 Å². The van der Waals surface area contributed by atoms with Crippen LogP contribution in [0.4, 0.5) is 11.5 Å². The molecule has 3 heterocycles. The molecule has 24 heavy (non-hydrogen) atoms. The van der Waals surface area contributed by atoms with Gasteiger partial charge < -0.3 is 5.32 Å². The Morgan fingerprint density at radius 1 is 1.04 bits per heavy atom. The lowest BCUT2D eigenvalue weighted by Gasteiger charge is -2.09. The molecule has 7 heteroatoms. The first-order chi connectivity index (χ1) is 11.7. The molecule has 0 radical (unpaired) electrons. The van der Waals surface area contributed by atoms with Crippen molar-refractivity contribution in [1.82, 2.24) is 24.5 Å². The van der Waals surface area contributed by atoms with Crippen molar-refractivity contribution in [3.8, 4) is 5.82 Å². The van der Waals surface area contributed by atoms with Crippen molar-refractivity contribution in [2.75, 3.05) is 5.32 Å². The molecule has 0 aliphatic carbocycles. The number of anilines is 2. The second kappa shape index (κ2) is 5.90. The summed E-state index contributed by atoms with van der Waals surface area (Å²) >= 11 is 6.07. The Morgan fingerprint density at radius 2 is 1.88 bits per heavy atom. The molecule has 118 valence electrons. The van der Waals surface area contributed by atoms with Crippen LogP contribution in [0, 0.1) is 6.92 Å². The Hall–Kier alpha value is -2.99. The van der Waals surface area contributed by atoms with Crippen molar-refractivity contribution in [3.63, 3.8) is 0 Å². The second-order valence-corrected chi connectivity index (χ2v) is 5.68. The number of nitrogens with zero attached hydrogens (tertiary/aromatic N) is 5. The smallest absolute Gasteiger partial charge is 0.178 e. The number of hydrogen-bond donors (Lipinski definition) is 1. The van der Waals surface area contributed by atoms with Gasteiger partial charge in [-0.2, -0.15) is 0 Å². The van der Waals surface area contributed by atoms with Crippen LogP contribution in [0.15, 0.2) is 55.0 Å². The highest BCUT2D eigenvalue weighted by Gasteiger charge is 2.12. The molecule has 6 nitrogen and oxygen atoms in total. The summed E-state index contributed by atoms with van der Waals surface area (Å²) in [4.78, 5) is 17.6. The molecule has 0 bridgehead atoms. The zero-order valence-electron chi connectivity index (χ0n) is 12.8. The molecule has 0 saturated heterocycles. The number of hydrogen-bond acceptors (Lipinski definition) is 5. The van der Waals surface area contributed by atoms with Crippen LogP contribution in [0.5, 0.6) is 0 Å². The normalized spacial score (nSPS) is 10.9. The molecule has 0 aliphatic heterocycles. The summed E-state index contributed by atoms with van der Waals surface area (Å²) in [5.74, 6) is 2.07. The van der Waals surface area contributed by atoms with E-state index in [2.05, 4.69) is 25.3 Å². The van der Waals surface area contributed by atoms with Crippen LogP contribution in [0.3, 0.4) is 0 Å². The third-order valence-electron chi connectivity index (χ3n) is 3.54. The van der Waals surface area contributed by atoms with E-state index in [1.807, 2.05) is 47.9 Å². The van der Waals surface area contributed by atoms with Gasteiger partial charge in [0.2, 0.25) is 0 Å². The van der Waals surface area contributed by atoms with Crippen LogP contribution in [-0.4, -0.2) is 24.5 Å². The molecule has 4 rings (SSSR count). The maximum atomic E-state index is 6.07. The van der Waals surface area contributed by atoms with E-state index in [0.717, 1.165) is 17.0 Å². The van der Waals surface area contributed by atoms with Crippen LogP contribution >= 0.6 is 11.6 Å². The number of aryl methyl sites for hydroxylation is 1. The number of aromatic nitrogens is 5. The molecular weight excluding hydrogens is 324 g/mol. The zero-order valence-corrected chi connectivity index (χ0v) is 13.6. The van der Waals surface area contributed by atoms with E-state index in [1.165, 1.54) is 0 Å². The molecule has 0 aliphatic rings. The minimum absolute atomic E-state index is 0.551. The number of imidazole rings is 1. The minimum Gasteiger partial charge on any atom is -0.339 e. The number of nitrogens with one attached hydrogen (secondary N) is 1. The Labute approximate surface area is 143 Å². The Balaban J connectivity index is 1.79. The number of fused-ring (bicyclic) bond motifs is 1. The molecule has 1 aromatic carbocycles. The summed E-state index contributed by atoms with van der Waals surface area (Å²) in [6.45, 7) is 1.90. The van der Waals surface area contributed by atoms with E-state index in [4.69, 9.17) is 11.6 Å². The molecule has 0 fully saturated rings. The average Bonchev–Trinajstić information content (AvgIpc) is 2.91. The topological polar surface area (TPSA) is 68.5 Å². The molecule has 3 aromatic heterocycles. The number of rotatable bonds is 3. The zero-order chi connectivity index (χ0) is 16.5. The summed E-state index contributed by atoms with van der Waals surface area (Å²) in [7, 11) is 0. The maximum absolute atomic E-state index is 6.07. The van der Waals surface area contributed by atoms with E-state index >= 15 is 0 Å². The second-order valence-electron chi connectivity index (χ2n) is 5.24. The summed E-state index contributed by atoms with van der Waals surface area (Å²) < 4.78 is 1.89. The van der Waals surface area contributed by atoms with Crippen molar-refractivity contribution < 1.29 is 0 Å². The van der Waals surface area contributed by atoms with Crippen molar-refractivity contribution >= 4 is 34.3 Å². The quantitative estimate of drug-likeness (QED) is 0.614. The summed E-state index contributed by atoms with van der Waals surface area (Å²) in [6.07, 6.45) is 4.95. The van der Waals surface area contributed by atoms with E-state index in [9.17, 15) is 0 Å². The third-order valence-corrected chi connectivity index (χ3v) is 3.75. The Bertz CT molecular complexity index is 1010. The SMILES string of the molecule is Cc1nc2ncc(Cl)cc2n1-c1cncc(Nc2ccccc2)n1. The Kier molecular flexibility index (Phi) is 3.59. The standard InChI is InChI=1S/C17H13ClN6/c1-11-21-17-14(7-12(18)8-20-17)24(11)16-10-19-9-15(23-16)22-13-5-3-2-4-6-13/h2-10H,1H3,(H,22,23). The van der Waals surface area contributed by atoms with E-state index in [1.54, 1.807) is 18.6 Å². The van der Waals surface area contributed by atoms with Crippen LogP contribution in [0.2, 0.25) is 5.02 Å². The van der Waals surface area contributed by atoms with Crippen molar-refractivity contribution in [1.29, 1.82) is 0 Å². The first-order valence-corrected chi connectivity index (χ1v) is 7.73. The van der Waals surface area contributed by atoms with Gasteiger partial charge in [0.05, 0.1) is 22.9 Å². The number of pyridine rings is 1. The fourth-order valence-electron chi connectivity index (χ4n) is 2.53. The minimum atomic E-state index is 0.551. The van der Waals surface area contributed by atoms with Gasteiger partial charge in [-0.1, -0.05) is 29.8 Å². The van der Waals surface area contributed by atoms with Gasteiger partial charge in [0, 0.05) is 11.9 Å². The van der Waals surface area contributed by atoms with Crippen molar-refractivity contribution in [2.45, 2.75) is 6.92 Å². The highest BCUT2D eigenvalue weighted by Crippen LogP contribution is 2.22. The molecule has 0 saturated carbocycles. The van der Waals surface area contributed by atoms with Crippen LogP contribution in [0.1, 0.15) is 5.82 Å². The van der Waals surface area contributed by atoms with Gasteiger partial charge in [-0.3, -0.25) is 9.55 Å². The van der Waals surface area contributed by atoms with Gasteiger partial charge in [0.1, 0.15) is 5.82 Å². The summed E-state index contributed by atoms with van der Waals surface area (Å²) in [5.41, 5.74) is 2.37. The van der Waals surface area contributed by atoms with Gasteiger partial charge in [-0.25, -0.2) is 15.0 Å². The van der Waals surface area contributed by atoms with E-state index < -0.39 is 0 Å². The highest BCUT2D eigenvalue weighted by atomic mass is 35.5. The lowest BCUT2D eigenvalue weighted by molar-refractivity contribution is 0.943. The van der Waals surface area contributed by atoms with Gasteiger partial charge in [-0.15, -0.1) is 0 Å². The Morgan fingerprint density at radius 3 is 2.71 bits per heavy atom. The van der Waals surface area contributed by atoms with Crippen LogP contribution in [-0.2, 0) is 0 Å². The molecule has 0 unspecified atom stereocenters. The lowest BCUT2D eigenvalue weighted by atomic mass is 10.3. The number of halogens is 1. The summed E-state index contributed by atoms with van der Waals surface area (Å²) in [6, 6.07) is 11.6. The number of benzene rings is 1. The van der Waals surface area contributed by atoms with Gasteiger partial charge in [-0.05, 0) is 25.1 Å². The first kappa shape index (κ1) is 14.6. The van der Waals surface area contributed by atoms with Gasteiger partial charge in [0.25, 0.3) is 0 Å². The molecule has 4 aromatic rings. The maximum Gasteiger partial charge on any atom is 0.178 e. The average molecular weight is 337 g/mol.